The first-order valence-electron chi connectivity index (χ1n) is 9.31. The van der Waals surface area contributed by atoms with E-state index in [0.29, 0.717) is 39.3 Å². The fourth-order valence-corrected chi connectivity index (χ4v) is 4.15. The van der Waals surface area contributed by atoms with E-state index in [9.17, 15) is 4.79 Å². The summed E-state index contributed by atoms with van der Waals surface area (Å²) in [4.78, 5) is 13.4. The van der Waals surface area contributed by atoms with Gasteiger partial charge in [0.25, 0.3) is 5.91 Å². The predicted molar refractivity (Wildman–Crippen MR) is 120 cm³/mol. The highest BCUT2D eigenvalue weighted by Crippen LogP contribution is 2.43. The van der Waals surface area contributed by atoms with Crippen molar-refractivity contribution in [2.24, 2.45) is 0 Å². The van der Waals surface area contributed by atoms with Gasteiger partial charge in [-0.3, -0.25) is 4.79 Å². The molecule has 30 heavy (non-hydrogen) atoms. The molecule has 1 amide bonds. The summed E-state index contributed by atoms with van der Waals surface area (Å²) in [6, 6.07) is 18.3. The van der Waals surface area contributed by atoms with Gasteiger partial charge >= 0.3 is 0 Å². The number of hydrogen-bond acceptors (Lipinski definition) is 4. The molecule has 3 aromatic rings. The van der Waals surface area contributed by atoms with Gasteiger partial charge in [-0.2, -0.15) is 0 Å². The number of nitrogens with one attached hydrogen (secondary N) is 2. The van der Waals surface area contributed by atoms with Crippen molar-refractivity contribution < 1.29 is 14.3 Å². The fraction of sp³-hybridized carbons (Fsp3) is 0.174. The maximum Gasteiger partial charge on any atom is 0.255 e. The fourth-order valence-electron chi connectivity index (χ4n) is 3.77. The molecule has 5 nitrogen and oxygen atoms in total. The molecule has 1 aliphatic heterocycles. The molecule has 0 saturated heterocycles. The monoisotopic (exact) mass is 442 g/mol. The van der Waals surface area contributed by atoms with E-state index in [2.05, 4.69) is 10.6 Å². The van der Waals surface area contributed by atoms with Crippen LogP contribution in [0.5, 0.6) is 11.5 Å². The van der Waals surface area contributed by atoms with E-state index >= 15 is 0 Å². The number of methoxy groups -OCH3 is 2. The molecule has 0 fully saturated rings. The topological polar surface area (TPSA) is 59.6 Å². The van der Waals surface area contributed by atoms with Crippen molar-refractivity contribution in [1.82, 2.24) is 0 Å². The SMILES string of the molecule is COc1cc(NC2(Cc3cccc(Cl)c3)C(=O)Nc3cc(Cl)ccc32)cc(OC)c1. The number of carbonyl (C=O) groups is 1. The number of anilines is 2. The first-order chi connectivity index (χ1) is 14.4. The summed E-state index contributed by atoms with van der Waals surface area (Å²) in [5, 5.41) is 7.56. The van der Waals surface area contributed by atoms with Crippen LogP contribution in [0.15, 0.2) is 60.7 Å². The Kier molecular flexibility index (Phi) is 5.50. The van der Waals surface area contributed by atoms with Gasteiger partial charge in [0.05, 0.1) is 14.2 Å². The van der Waals surface area contributed by atoms with Crippen LogP contribution < -0.4 is 20.1 Å². The highest BCUT2D eigenvalue weighted by Gasteiger charge is 2.47. The van der Waals surface area contributed by atoms with E-state index in [4.69, 9.17) is 32.7 Å². The first-order valence-corrected chi connectivity index (χ1v) is 10.1. The second-order valence-corrected chi connectivity index (χ2v) is 7.96. The van der Waals surface area contributed by atoms with Gasteiger partial charge in [-0.05, 0) is 29.8 Å². The number of halogens is 2. The average molecular weight is 443 g/mol. The van der Waals surface area contributed by atoms with Crippen molar-refractivity contribution in [3.8, 4) is 11.5 Å². The molecule has 7 heteroatoms. The molecule has 3 aromatic carbocycles. The summed E-state index contributed by atoms with van der Waals surface area (Å²) in [7, 11) is 3.17. The lowest BCUT2D eigenvalue weighted by molar-refractivity contribution is -0.119. The van der Waals surface area contributed by atoms with Crippen molar-refractivity contribution in [3.05, 3.63) is 81.8 Å². The van der Waals surface area contributed by atoms with E-state index in [0.717, 1.165) is 11.1 Å². The Balaban J connectivity index is 1.84. The van der Waals surface area contributed by atoms with Gasteiger partial charge in [0, 0.05) is 51.6 Å². The smallest absolute Gasteiger partial charge is 0.255 e. The number of amides is 1. The second kappa shape index (κ2) is 8.09. The molecule has 1 heterocycles. The van der Waals surface area contributed by atoms with Crippen LogP contribution in [0.1, 0.15) is 11.1 Å². The highest BCUT2D eigenvalue weighted by atomic mass is 35.5. The largest absolute Gasteiger partial charge is 0.497 e. The van der Waals surface area contributed by atoms with Gasteiger partial charge in [0.15, 0.2) is 0 Å². The molecular formula is C23H20Cl2N2O3. The van der Waals surface area contributed by atoms with Crippen LogP contribution >= 0.6 is 23.2 Å². The van der Waals surface area contributed by atoms with Crippen LogP contribution in [-0.2, 0) is 16.8 Å². The lowest BCUT2D eigenvalue weighted by Crippen LogP contribution is -2.44. The molecule has 1 atom stereocenters. The van der Waals surface area contributed by atoms with Crippen molar-refractivity contribution in [3.63, 3.8) is 0 Å². The van der Waals surface area contributed by atoms with E-state index in [1.807, 2.05) is 36.4 Å². The number of carbonyl (C=O) groups excluding carboxylic acids is 1. The minimum absolute atomic E-state index is 0.179. The number of rotatable bonds is 6. The number of fused-ring (bicyclic) bond motifs is 1. The van der Waals surface area contributed by atoms with Crippen molar-refractivity contribution in [2.75, 3.05) is 24.9 Å². The van der Waals surface area contributed by atoms with Crippen molar-refractivity contribution >= 4 is 40.5 Å². The van der Waals surface area contributed by atoms with E-state index in [1.54, 1.807) is 38.5 Å². The summed E-state index contributed by atoms with van der Waals surface area (Å²) in [5.74, 6) is 1.05. The van der Waals surface area contributed by atoms with Crippen LogP contribution in [0, 0.1) is 0 Å². The lowest BCUT2D eigenvalue weighted by atomic mass is 9.84. The summed E-state index contributed by atoms with van der Waals surface area (Å²) < 4.78 is 10.8. The van der Waals surface area contributed by atoms with E-state index in [1.165, 1.54) is 0 Å². The van der Waals surface area contributed by atoms with E-state index in [-0.39, 0.29) is 5.91 Å². The Labute approximate surface area is 184 Å². The predicted octanol–water partition coefficient (Wildman–Crippen LogP) is 5.51. The normalized spacial score (nSPS) is 17.3. The molecule has 0 bridgehead atoms. The number of hydrogen-bond donors (Lipinski definition) is 2. The van der Waals surface area contributed by atoms with Crippen LogP contribution in [0.2, 0.25) is 10.0 Å². The summed E-state index contributed by atoms with van der Waals surface area (Å²) in [5.41, 5.74) is 2.02. The quantitative estimate of drug-likeness (QED) is 0.527. The molecular weight excluding hydrogens is 423 g/mol. The molecule has 1 unspecified atom stereocenters. The van der Waals surface area contributed by atoms with Gasteiger partial charge in [0.1, 0.15) is 17.0 Å². The maximum absolute atomic E-state index is 13.4. The lowest BCUT2D eigenvalue weighted by Gasteiger charge is -2.30. The molecule has 4 rings (SSSR count). The van der Waals surface area contributed by atoms with Crippen LogP contribution in [0.25, 0.3) is 0 Å². The second-order valence-electron chi connectivity index (χ2n) is 7.08. The van der Waals surface area contributed by atoms with Crippen LogP contribution in [-0.4, -0.2) is 20.1 Å². The van der Waals surface area contributed by atoms with Crippen LogP contribution in [0.3, 0.4) is 0 Å². The zero-order valence-corrected chi connectivity index (χ0v) is 18.0. The van der Waals surface area contributed by atoms with Gasteiger partial charge in [-0.25, -0.2) is 0 Å². The van der Waals surface area contributed by atoms with Crippen LogP contribution in [0.4, 0.5) is 11.4 Å². The summed E-state index contributed by atoms with van der Waals surface area (Å²) in [6.45, 7) is 0. The van der Waals surface area contributed by atoms with Gasteiger partial charge < -0.3 is 20.1 Å². The maximum atomic E-state index is 13.4. The Morgan fingerprint density at radius 1 is 0.933 bits per heavy atom. The van der Waals surface area contributed by atoms with E-state index < -0.39 is 5.54 Å². The van der Waals surface area contributed by atoms with Crippen molar-refractivity contribution in [2.45, 2.75) is 12.0 Å². The van der Waals surface area contributed by atoms with Crippen molar-refractivity contribution in [1.29, 1.82) is 0 Å². The Bertz CT molecular complexity index is 1100. The van der Waals surface area contributed by atoms with Gasteiger partial charge in [-0.15, -0.1) is 0 Å². The summed E-state index contributed by atoms with van der Waals surface area (Å²) >= 11 is 12.4. The molecule has 0 aliphatic carbocycles. The third-order valence-corrected chi connectivity index (χ3v) is 5.61. The number of ether oxygens (including phenoxy) is 2. The molecule has 2 N–H and O–H groups in total. The molecule has 0 saturated carbocycles. The first kappa shape index (κ1) is 20.4. The summed E-state index contributed by atoms with van der Waals surface area (Å²) in [6.07, 6.45) is 0.382. The minimum atomic E-state index is -1.07. The molecule has 154 valence electrons. The van der Waals surface area contributed by atoms with Gasteiger partial charge in [-0.1, -0.05) is 41.4 Å². The Hall–Kier alpha value is -2.89. The average Bonchev–Trinajstić information content (AvgIpc) is 2.97. The third-order valence-electron chi connectivity index (χ3n) is 5.14. The molecule has 0 aromatic heterocycles. The van der Waals surface area contributed by atoms with Gasteiger partial charge in [0.2, 0.25) is 0 Å². The standard InChI is InChI=1S/C23H20Cl2N2O3/c1-29-18-10-17(11-19(12-18)30-2)27-23(13-14-4-3-5-15(24)8-14)20-7-6-16(25)9-21(20)26-22(23)28/h3-12,27H,13H2,1-2H3,(H,26,28). The Morgan fingerprint density at radius 2 is 1.63 bits per heavy atom. The third kappa shape index (κ3) is 3.78. The zero-order valence-electron chi connectivity index (χ0n) is 16.5. The minimum Gasteiger partial charge on any atom is -0.497 e. The molecule has 1 aliphatic rings. The zero-order chi connectivity index (χ0) is 21.3. The number of benzene rings is 3. The highest BCUT2D eigenvalue weighted by molar-refractivity contribution is 6.31. The molecule has 0 spiro atoms. The Morgan fingerprint density at radius 3 is 2.30 bits per heavy atom. The molecule has 0 radical (unpaired) electrons.